The van der Waals surface area contributed by atoms with Crippen LogP contribution in [-0.2, 0) is 0 Å². The van der Waals surface area contributed by atoms with Gasteiger partial charge in [0.25, 0.3) is 5.91 Å². The topological polar surface area (TPSA) is 59.3 Å². The summed E-state index contributed by atoms with van der Waals surface area (Å²) in [6.07, 6.45) is 5.16. The first kappa shape index (κ1) is 15.3. The Balaban J connectivity index is 0.00000161. The van der Waals surface area contributed by atoms with Crippen molar-refractivity contribution in [3.05, 3.63) is 59.3 Å². The van der Waals surface area contributed by atoms with Crippen LogP contribution in [0.15, 0.2) is 42.9 Å². The minimum absolute atomic E-state index is 0. The van der Waals surface area contributed by atoms with Crippen molar-refractivity contribution in [1.29, 1.82) is 0 Å². The molecule has 0 atom stereocenters. The van der Waals surface area contributed by atoms with Crippen LogP contribution in [0.1, 0.15) is 16.1 Å². The highest BCUT2D eigenvalue weighted by Gasteiger charge is 2.07. The van der Waals surface area contributed by atoms with Crippen LogP contribution < -0.4 is 5.32 Å². The van der Waals surface area contributed by atoms with E-state index >= 15 is 0 Å². The number of rotatable bonds is 2. The van der Waals surface area contributed by atoms with E-state index in [2.05, 4.69) is 15.3 Å². The molecule has 0 aliphatic carbocycles. The van der Waals surface area contributed by atoms with Gasteiger partial charge >= 0.3 is 0 Å². The number of aryl methyl sites for hydroxylation is 1. The molecule has 0 saturated carbocycles. The third kappa shape index (κ3) is 3.32. The molecule has 1 amide bonds. The summed E-state index contributed by atoms with van der Waals surface area (Å²) < 4.78 is 1.87. The maximum atomic E-state index is 12.0. The molecule has 0 bridgehead atoms. The summed E-state index contributed by atoms with van der Waals surface area (Å²) in [6, 6.07) is 6.87. The molecule has 0 spiro atoms. The van der Waals surface area contributed by atoms with Gasteiger partial charge in [0, 0.05) is 18.6 Å². The quantitative estimate of drug-likeness (QED) is 0.736. The van der Waals surface area contributed by atoms with E-state index in [-0.39, 0.29) is 18.3 Å². The third-order valence-corrected chi connectivity index (χ3v) is 3.04. The second-order valence-electron chi connectivity index (χ2n) is 4.39. The van der Waals surface area contributed by atoms with Crippen LogP contribution in [-0.4, -0.2) is 20.3 Å². The van der Waals surface area contributed by atoms with E-state index in [1.54, 1.807) is 12.1 Å². The molecule has 0 aliphatic rings. The predicted octanol–water partition coefficient (Wildman–Crippen LogP) is 3.37. The molecule has 0 aromatic carbocycles. The van der Waals surface area contributed by atoms with Crippen molar-refractivity contribution in [2.75, 3.05) is 5.32 Å². The second-order valence-corrected chi connectivity index (χ2v) is 4.78. The number of imidazole rings is 1. The Hall–Kier alpha value is -2.11. The largest absolute Gasteiger partial charge is 0.321 e. The number of nitrogens with zero attached hydrogens (tertiary/aromatic N) is 3. The summed E-state index contributed by atoms with van der Waals surface area (Å²) in [5, 5.41) is 3.17. The summed E-state index contributed by atoms with van der Waals surface area (Å²) in [6.45, 7) is 1.92. The van der Waals surface area contributed by atoms with Crippen molar-refractivity contribution in [3.8, 4) is 0 Å². The number of halogens is 2. The van der Waals surface area contributed by atoms with Crippen LogP contribution in [0.25, 0.3) is 5.65 Å². The average Bonchev–Trinajstić information content (AvgIpc) is 2.78. The number of carbonyl (C=O) groups is 1. The molecular formula is C14H12Cl2N4O. The zero-order valence-electron chi connectivity index (χ0n) is 11.1. The Morgan fingerprint density at radius 3 is 2.76 bits per heavy atom. The number of nitrogens with one attached hydrogen (secondary N) is 1. The van der Waals surface area contributed by atoms with Crippen LogP contribution in [0, 0.1) is 6.92 Å². The molecule has 5 nitrogen and oxygen atoms in total. The van der Waals surface area contributed by atoms with Crippen molar-refractivity contribution < 1.29 is 4.79 Å². The number of aromatic nitrogens is 3. The molecule has 7 heteroatoms. The van der Waals surface area contributed by atoms with Crippen molar-refractivity contribution >= 4 is 41.2 Å². The van der Waals surface area contributed by atoms with Gasteiger partial charge < -0.3 is 9.72 Å². The van der Waals surface area contributed by atoms with E-state index in [1.165, 1.54) is 6.20 Å². The third-order valence-electron chi connectivity index (χ3n) is 2.82. The van der Waals surface area contributed by atoms with Crippen LogP contribution in [0.2, 0.25) is 5.15 Å². The molecule has 3 heterocycles. The molecule has 0 aliphatic heterocycles. The van der Waals surface area contributed by atoms with Crippen molar-refractivity contribution in [2.24, 2.45) is 0 Å². The fourth-order valence-corrected chi connectivity index (χ4v) is 2.02. The van der Waals surface area contributed by atoms with E-state index in [1.807, 2.05) is 35.9 Å². The van der Waals surface area contributed by atoms with Gasteiger partial charge in [0.2, 0.25) is 0 Å². The number of hydrogen-bond donors (Lipinski definition) is 1. The standard InChI is InChI=1S/C14H11ClN4O.ClH/c1-9-7-19-8-11(3-5-13(19)17-9)18-14(20)10-2-4-12(15)16-6-10;/h2-8H,1H3,(H,18,20);1H. The van der Waals surface area contributed by atoms with Gasteiger partial charge in [-0.15, -0.1) is 12.4 Å². The van der Waals surface area contributed by atoms with Gasteiger partial charge in [0.15, 0.2) is 0 Å². The fraction of sp³-hybridized carbons (Fsp3) is 0.0714. The van der Waals surface area contributed by atoms with Gasteiger partial charge in [-0.1, -0.05) is 11.6 Å². The number of fused-ring (bicyclic) bond motifs is 1. The molecule has 0 unspecified atom stereocenters. The molecule has 0 saturated heterocycles. The summed E-state index contributed by atoms with van der Waals surface area (Å²) in [5.41, 5.74) is 2.91. The van der Waals surface area contributed by atoms with E-state index in [9.17, 15) is 4.79 Å². The van der Waals surface area contributed by atoms with Crippen LogP contribution >= 0.6 is 24.0 Å². The van der Waals surface area contributed by atoms with Crippen molar-refractivity contribution in [3.63, 3.8) is 0 Å². The van der Waals surface area contributed by atoms with E-state index in [0.717, 1.165) is 11.3 Å². The summed E-state index contributed by atoms with van der Waals surface area (Å²) in [7, 11) is 0. The fourth-order valence-electron chi connectivity index (χ4n) is 1.91. The SMILES string of the molecule is Cc1cn2cc(NC(=O)c3ccc(Cl)nc3)ccc2n1.Cl. The number of anilines is 1. The minimum atomic E-state index is -0.231. The Morgan fingerprint density at radius 1 is 1.24 bits per heavy atom. The summed E-state index contributed by atoms with van der Waals surface area (Å²) in [5.74, 6) is -0.231. The van der Waals surface area contributed by atoms with Gasteiger partial charge in [-0.2, -0.15) is 0 Å². The van der Waals surface area contributed by atoms with Gasteiger partial charge in [-0.25, -0.2) is 9.97 Å². The monoisotopic (exact) mass is 322 g/mol. The molecule has 1 N–H and O–H groups in total. The second kappa shape index (κ2) is 6.11. The smallest absolute Gasteiger partial charge is 0.257 e. The average molecular weight is 323 g/mol. The highest BCUT2D eigenvalue weighted by Crippen LogP contribution is 2.13. The Labute approximate surface area is 132 Å². The number of hydrogen-bond acceptors (Lipinski definition) is 3. The van der Waals surface area contributed by atoms with E-state index in [4.69, 9.17) is 11.6 Å². The Kier molecular flexibility index (Phi) is 4.45. The van der Waals surface area contributed by atoms with Crippen LogP contribution in [0.4, 0.5) is 5.69 Å². The normalized spacial score (nSPS) is 10.2. The van der Waals surface area contributed by atoms with E-state index in [0.29, 0.717) is 16.4 Å². The molecule has 108 valence electrons. The minimum Gasteiger partial charge on any atom is -0.321 e. The van der Waals surface area contributed by atoms with Gasteiger partial charge in [-0.05, 0) is 31.2 Å². The first-order valence-corrected chi connectivity index (χ1v) is 6.38. The summed E-state index contributed by atoms with van der Waals surface area (Å²) in [4.78, 5) is 20.3. The van der Waals surface area contributed by atoms with Crippen LogP contribution in [0.3, 0.4) is 0 Å². The predicted molar refractivity (Wildman–Crippen MR) is 84.4 cm³/mol. The lowest BCUT2D eigenvalue weighted by Crippen LogP contribution is -2.12. The first-order chi connectivity index (χ1) is 9.61. The lowest BCUT2D eigenvalue weighted by molar-refractivity contribution is 0.102. The van der Waals surface area contributed by atoms with Gasteiger partial charge in [-0.3, -0.25) is 4.79 Å². The maximum absolute atomic E-state index is 12.0. The van der Waals surface area contributed by atoms with Gasteiger partial charge in [0.05, 0.1) is 16.9 Å². The lowest BCUT2D eigenvalue weighted by Gasteiger charge is -2.05. The lowest BCUT2D eigenvalue weighted by atomic mass is 10.2. The molecular weight excluding hydrogens is 311 g/mol. The van der Waals surface area contributed by atoms with Crippen LogP contribution in [0.5, 0.6) is 0 Å². The first-order valence-electron chi connectivity index (χ1n) is 6.00. The molecule has 3 aromatic heterocycles. The molecule has 0 fully saturated rings. The Morgan fingerprint density at radius 2 is 2.05 bits per heavy atom. The number of pyridine rings is 2. The molecule has 21 heavy (non-hydrogen) atoms. The molecule has 0 radical (unpaired) electrons. The zero-order chi connectivity index (χ0) is 14.1. The van der Waals surface area contributed by atoms with Gasteiger partial charge in [0.1, 0.15) is 10.8 Å². The van der Waals surface area contributed by atoms with Crippen molar-refractivity contribution in [2.45, 2.75) is 6.92 Å². The van der Waals surface area contributed by atoms with Crippen molar-refractivity contribution in [1.82, 2.24) is 14.4 Å². The number of amides is 1. The zero-order valence-corrected chi connectivity index (χ0v) is 12.6. The number of carbonyl (C=O) groups excluding carboxylic acids is 1. The molecule has 3 rings (SSSR count). The highest BCUT2D eigenvalue weighted by atomic mass is 35.5. The maximum Gasteiger partial charge on any atom is 0.257 e. The molecule has 3 aromatic rings. The van der Waals surface area contributed by atoms with E-state index < -0.39 is 0 Å². The Bertz CT molecular complexity index is 783. The summed E-state index contributed by atoms with van der Waals surface area (Å²) >= 11 is 5.69. The highest BCUT2D eigenvalue weighted by molar-refractivity contribution is 6.29.